The van der Waals surface area contributed by atoms with Gasteiger partial charge in [0.2, 0.25) is 5.91 Å². The Morgan fingerprint density at radius 3 is 1.54 bits per heavy atom. The Labute approximate surface area is 724 Å². The van der Waals surface area contributed by atoms with Crippen molar-refractivity contribution < 1.29 is 105 Å². The lowest BCUT2D eigenvalue weighted by Gasteiger charge is -2.63. The number of nitrogens with two attached hydrogens (primary N) is 1. The highest BCUT2D eigenvalue weighted by Crippen LogP contribution is 2.75. The number of hydrogen-bond donors (Lipinski definition) is 7. The van der Waals surface area contributed by atoms with Gasteiger partial charge in [0.15, 0.2) is 64.0 Å². The number of amides is 2. The summed E-state index contributed by atoms with van der Waals surface area (Å²) in [7, 11) is 0. The summed E-state index contributed by atoms with van der Waals surface area (Å²) in [5, 5.41) is 49.7. The fourth-order valence-electron chi connectivity index (χ4n) is 23.9. The zero-order valence-corrected chi connectivity index (χ0v) is 71.2. The Bertz CT molecular complexity index is 5330. The molecule has 2 saturated heterocycles. The summed E-state index contributed by atoms with van der Waals surface area (Å²) in [5.41, 5.74) is 2.33. The average molecular weight is 1720 g/mol. The minimum atomic E-state index is -2.36. The minimum absolute atomic E-state index is 0.000990. The van der Waals surface area contributed by atoms with Crippen molar-refractivity contribution in [1.82, 2.24) is 5.32 Å². The molecule has 6 saturated carbocycles. The van der Waals surface area contributed by atoms with Crippen molar-refractivity contribution in [3.05, 3.63) is 238 Å². The van der Waals surface area contributed by atoms with Gasteiger partial charge in [-0.2, -0.15) is 0 Å². The summed E-state index contributed by atoms with van der Waals surface area (Å²) in [6.07, 6.45) is -0.867. The molecule has 9 aliphatic carbocycles. The number of halogens is 4. The van der Waals surface area contributed by atoms with E-state index in [1.54, 1.807) is 19.9 Å². The van der Waals surface area contributed by atoms with Crippen LogP contribution in [-0.2, 0) is 74.8 Å². The molecule has 0 radical (unpaired) electrons. The van der Waals surface area contributed by atoms with Gasteiger partial charge in [-0.05, 0) is 215 Å². The molecule has 2 heterocycles. The van der Waals surface area contributed by atoms with Gasteiger partial charge in [0.25, 0.3) is 0 Å². The highest BCUT2D eigenvalue weighted by atomic mass is 19.2. The van der Waals surface area contributed by atoms with Gasteiger partial charge in [-0.25, -0.2) is 22.4 Å². The summed E-state index contributed by atoms with van der Waals surface area (Å²) in [6.45, 7) is 10.0. The number of allylic oxidation sites excluding steroid dienone is 8. The number of alkyl carbamates (subject to hydrolysis) is 1. The second-order valence-corrected chi connectivity index (χ2v) is 38.0. The number of alkyl halides is 4. The van der Waals surface area contributed by atoms with E-state index in [-0.39, 0.29) is 99.2 Å². The molecule has 0 aromatic heterocycles. The molecule has 11 aliphatic rings. The molecule has 125 heavy (non-hydrogen) atoms. The normalized spacial score (nSPS) is 33.8. The van der Waals surface area contributed by atoms with E-state index >= 15 is 17.6 Å². The number of aliphatic hydroxyl groups is 4. The maximum atomic E-state index is 17.9. The number of aliphatic hydroxyl groups excluding tert-OH is 4. The number of ether oxygens (including phenoxy) is 6. The lowest BCUT2D eigenvalue weighted by Crippen LogP contribution is -2.70. The van der Waals surface area contributed by atoms with Crippen LogP contribution < -0.4 is 16.4 Å². The van der Waals surface area contributed by atoms with Crippen molar-refractivity contribution in [2.45, 2.75) is 222 Å². The highest BCUT2D eigenvalue weighted by Gasteiger charge is 2.82. The summed E-state index contributed by atoms with van der Waals surface area (Å²) in [6, 6.07) is 46.0. The zero-order valence-electron chi connectivity index (χ0n) is 71.2. The molecule has 0 unspecified atom stereocenters. The largest absolute Gasteiger partial charge is 0.460 e. The molecule has 0 bridgehead atoms. The molecule has 8 N–H and O–H groups in total. The van der Waals surface area contributed by atoms with Gasteiger partial charge in [0.1, 0.15) is 37.8 Å². The number of carbonyl (C=O) groups excluding carboxylic acids is 8. The predicted octanol–water partition coefficient (Wildman–Crippen LogP) is 14.8. The first-order valence-electron chi connectivity index (χ1n) is 43.6. The Kier molecular flexibility index (Phi) is 23.8. The summed E-state index contributed by atoms with van der Waals surface area (Å²) >= 11 is 0. The smallest absolute Gasteiger partial charge is 0.407 e. The number of rotatable bonds is 24. The molecular weight excluding hydrogens is 1610 g/mol. The molecular formula is C100H109F4N3O18. The van der Waals surface area contributed by atoms with Crippen LogP contribution in [0.3, 0.4) is 0 Å². The summed E-state index contributed by atoms with van der Waals surface area (Å²) in [5.74, 6) is -7.37. The van der Waals surface area contributed by atoms with Gasteiger partial charge >= 0.3 is 12.1 Å². The van der Waals surface area contributed by atoms with Crippen LogP contribution in [0.25, 0.3) is 11.1 Å². The van der Waals surface area contributed by atoms with E-state index in [4.69, 9.17) is 34.2 Å². The predicted molar refractivity (Wildman–Crippen MR) is 455 cm³/mol. The molecule has 0 spiro atoms. The van der Waals surface area contributed by atoms with Crippen molar-refractivity contribution in [1.29, 1.82) is 0 Å². The quantitative estimate of drug-likeness (QED) is 0.0128. The fourth-order valence-corrected chi connectivity index (χ4v) is 23.9. The second-order valence-electron chi connectivity index (χ2n) is 38.0. The highest BCUT2D eigenvalue weighted by molar-refractivity contribution is 6.02. The first-order chi connectivity index (χ1) is 59.4. The van der Waals surface area contributed by atoms with Crippen molar-refractivity contribution in [2.75, 3.05) is 37.4 Å². The van der Waals surface area contributed by atoms with Crippen LogP contribution in [0.15, 0.2) is 193 Å². The van der Waals surface area contributed by atoms with E-state index in [1.807, 2.05) is 160 Å². The topological polar surface area (TPSA) is 323 Å². The lowest BCUT2D eigenvalue weighted by atomic mass is 9.44. The zero-order chi connectivity index (χ0) is 88.9. The standard InChI is InChI=1S/C65H72F2N2O12.C35H37F2NO6/c1-61(2,3)80-57(75)21-8-6-7-15-41(30-44(72)35-68-60(77)78-37-49-47-19-11-9-17-45(47)46-18-10-12-20-48(46)49)58(76)69-42-16-13-14-39(29-42)28-38-22-24-40(25-23-38)59-79-56-33-50-51-32-53(66)52-31-43(71)26-27-62(52,4)64(51,67)54(73)34-63(50,5)65(56,81-59)55(74)36-70;1-32-11-10-23(40)14-26(32)27(36)15-25-24-16-30-35(29(42)18-39,33(24,2)17-28(41)34(25,32)37)44-31(43-30)21-8-6-19(7-9-21)12-20-4-3-5-22(38)13-20/h9-14,16-20,22-27,29,31,41,49-51,53-54,56,59,70,73H,6-8,15,21,28,30,32-37H2,1-5H3,(H,68,77)(H,69,76);3-11,13-14,24-25,27-28,30-31,39,41H,12,15-18,38H2,1-2H3/t41-,50+,51+,53+,54+,56-,59-,62+,63+,64+,65-;24-,25-,27-,28-,30+,31+,32-,33-,34-,35+/m10/s1. The maximum Gasteiger partial charge on any atom is 0.407 e. The number of esters is 1. The third kappa shape index (κ3) is 15.2. The number of fused-ring (bicyclic) bond motifs is 17. The number of hydrogen-bond acceptors (Lipinski definition) is 19. The number of carbonyl (C=O) groups is 8. The van der Waals surface area contributed by atoms with E-state index in [1.165, 1.54) is 38.2 Å². The van der Waals surface area contributed by atoms with Gasteiger partial charge in [0.05, 0.1) is 31.0 Å². The molecule has 21 atom stereocenters. The van der Waals surface area contributed by atoms with Gasteiger partial charge in [-0.3, -0.25) is 33.6 Å². The number of unbranched alkanes of at least 4 members (excludes halogenated alkanes) is 2. The van der Waals surface area contributed by atoms with Crippen LogP contribution in [0.1, 0.15) is 189 Å². The van der Waals surface area contributed by atoms with E-state index < -0.39 is 171 Å². The Balaban J connectivity index is 0.000000219. The fraction of sp³-hybridized carbons (Fsp3) is 0.480. The lowest BCUT2D eigenvalue weighted by molar-refractivity contribution is -0.235. The SMILES string of the molecule is CC(C)(C)OC(=O)CCCCC[C@H](CC(=O)CNC(=O)OCC1c2ccccc2-c2ccccc21)C(=O)Nc1cccc(Cc2ccc([C@@H]3O[C@@H]4C[C@H]5[C@@H]6C[C@H](F)C7=CC(=O)C=C[C@]7(C)[C@@]6(F)[C@@H](O)C[C@]5(C)[C@]4(C(=O)CO)O3)cc2)c1.C[C@]12C=CC(=O)C=C1[C@@H](F)C[C@H]1[C@@H]3C[C@H]4O[C@@H](c5ccc(Cc6cccc(N)c6)cc5)O[C@@]4(C(=O)CO)[C@@]3(C)C[C@H](O)[C@@]12F. The van der Waals surface area contributed by atoms with Crippen molar-refractivity contribution in [2.24, 2.45) is 51.2 Å². The molecule has 660 valence electrons. The maximum absolute atomic E-state index is 17.9. The number of benzene rings is 6. The summed E-state index contributed by atoms with van der Waals surface area (Å²) in [4.78, 5) is 105. The van der Waals surface area contributed by atoms with Crippen LogP contribution in [0.4, 0.5) is 33.7 Å². The third-order valence-electron chi connectivity index (χ3n) is 29.8. The molecule has 2 amide bonds. The monoisotopic (exact) mass is 1720 g/mol. The van der Waals surface area contributed by atoms with Crippen LogP contribution in [0, 0.1) is 51.2 Å². The summed E-state index contributed by atoms with van der Waals surface area (Å²) < 4.78 is 105. The van der Waals surface area contributed by atoms with Crippen molar-refractivity contribution in [3.63, 3.8) is 0 Å². The van der Waals surface area contributed by atoms with Crippen LogP contribution in [0.5, 0.6) is 0 Å². The average Bonchev–Trinajstić information content (AvgIpc) is 1.55. The number of Topliss-reactive ketones (excluding diaryl/α,β-unsaturated/α-hetero) is 3. The van der Waals surface area contributed by atoms with Crippen molar-refractivity contribution in [3.8, 4) is 11.1 Å². The first kappa shape index (κ1) is 88.5. The van der Waals surface area contributed by atoms with Crippen molar-refractivity contribution >= 4 is 58.3 Å². The molecule has 2 aliphatic heterocycles. The number of nitrogen functional groups attached to an aromatic ring is 1. The molecule has 21 nitrogen and oxygen atoms in total. The van der Waals surface area contributed by atoms with Gasteiger partial charge < -0.3 is 65.2 Å². The second kappa shape index (κ2) is 33.7. The van der Waals surface area contributed by atoms with Crippen LogP contribution in [-0.4, -0.2) is 159 Å². The minimum Gasteiger partial charge on any atom is -0.460 e. The number of nitrogens with one attached hydrogen (secondary N) is 2. The molecule has 6 aromatic rings. The van der Waals surface area contributed by atoms with Gasteiger partial charge in [-0.1, -0.05) is 160 Å². The molecule has 17 rings (SSSR count). The van der Waals surface area contributed by atoms with Gasteiger partial charge in [0, 0.05) is 80.7 Å². The van der Waals surface area contributed by atoms with E-state index in [2.05, 4.69) is 10.6 Å². The number of anilines is 2. The molecule has 25 heteroatoms. The Morgan fingerprint density at radius 2 is 1.06 bits per heavy atom. The van der Waals surface area contributed by atoms with E-state index in [0.29, 0.717) is 61.0 Å². The Hall–Kier alpha value is -9.96. The van der Waals surface area contributed by atoms with Crippen LogP contribution in [0.2, 0.25) is 0 Å². The Morgan fingerprint density at radius 1 is 0.584 bits per heavy atom. The van der Waals surface area contributed by atoms with Crippen LogP contribution >= 0.6 is 0 Å². The number of ketones is 5. The third-order valence-corrected chi connectivity index (χ3v) is 29.8. The van der Waals surface area contributed by atoms with E-state index in [9.17, 15) is 58.8 Å². The van der Waals surface area contributed by atoms with E-state index in [0.717, 1.165) is 56.7 Å². The molecule has 8 fully saturated rings. The first-order valence-corrected chi connectivity index (χ1v) is 43.6. The van der Waals surface area contributed by atoms with Gasteiger partial charge in [-0.15, -0.1) is 0 Å². The molecule has 6 aromatic carbocycles.